The second-order valence-electron chi connectivity index (χ2n) is 4.92. The second kappa shape index (κ2) is 7.44. The molecule has 0 radical (unpaired) electrons. The number of carbonyl (C=O) groups excluding carboxylic acids is 1. The monoisotopic (exact) mass is 334 g/mol. The van der Waals surface area contributed by atoms with Gasteiger partial charge in [0.1, 0.15) is 17.1 Å². The molecule has 2 aromatic rings. The number of nitrogens with zero attached hydrogens (tertiary/aromatic N) is 3. The Labute approximate surface area is 138 Å². The van der Waals surface area contributed by atoms with Crippen molar-refractivity contribution in [1.82, 2.24) is 15.1 Å². The van der Waals surface area contributed by atoms with Crippen molar-refractivity contribution >= 4 is 11.7 Å². The fourth-order valence-corrected chi connectivity index (χ4v) is 2.25. The third-order valence-electron chi connectivity index (χ3n) is 3.42. The van der Waals surface area contributed by atoms with E-state index in [-0.39, 0.29) is 18.3 Å². The van der Waals surface area contributed by atoms with Crippen LogP contribution in [0.3, 0.4) is 0 Å². The molecule has 0 saturated heterocycles. The van der Waals surface area contributed by atoms with Gasteiger partial charge >= 0.3 is 5.82 Å². The first-order valence-corrected chi connectivity index (χ1v) is 7.16. The molecule has 1 aromatic heterocycles. The predicted octanol–water partition coefficient (Wildman–Crippen LogP) is 1.55. The molecule has 0 aliphatic heterocycles. The molecular formula is C15H18N4O5. The standard InChI is InChI=1S/C15H18N4O5/c1-10-9-13(19(21)22)17-18(10)8-7-16-15(20)14-11(23-2)5-4-6-12(14)24-3/h4-6,9H,7-8H2,1-3H3,(H,16,20). The zero-order valence-corrected chi connectivity index (χ0v) is 13.6. The van der Waals surface area contributed by atoms with Crippen molar-refractivity contribution in [3.8, 4) is 11.5 Å². The van der Waals surface area contributed by atoms with Crippen LogP contribution in [0, 0.1) is 17.0 Å². The molecule has 9 heteroatoms. The normalized spacial score (nSPS) is 10.3. The van der Waals surface area contributed by atoms with E-state index in [2.05, 4.69) is 10.4 Å². The Morgan fingerprint density at radius 2 is 1.96 bits per heavy atom. The number of nitrogens with one attached hydrogen (secondary N) is 1. The van der Waals surface area contributed by atoms with E-state index in [1.165, 1.54) is 25.0 Å². The molecule has 2 rings (SSSR count). The van der Waals surface area contributed by atoms with Crippen molar-refractivity contribution in [2.24, 2.45) is 0 Å². The van der Waals surface area contributed by atoms with Gasteiger partial charge in [-0.15, -0.1) is 0 Å². The Hall–Kier alpha value is -3.10. The van der Waals surface area contributed by atoms with Crippen LogP contribution in [-0.4, -0.2) is 41.4 Å². The number of amides is 1. The van der Waals surface area contributed by atoms with Gasteiger partial charge in [-0.05, 0) is 24.0 Å². The highest BCUT2D eigenvalue weighted by atomic mass is 16.6. The van der Waals surface area contributed by atoms with Gasteiger partial charge in [-0.1, -0.05) is 6.07 Å². The van der Waals surface area contributed by atoms with Crippen LogP contribution in [0.15, 0.2) is 24.3 Å². The van der Waals surface area contributed by atoms with Crippen LogP contribution in [-0.2, 0) is 6.54 Å². The molecule has 9 nitrogen and oxygen atoms in total. The summed E-state index contributed by atoms with van der Waals surface area (Å²) in [5.74, 6) is 0.226. The van der Waals surface area contributed by atoms with Crippen LogP contribution in [0.2, 0.25) is 0 Å². The van der Waals surface area contributed by atoms with Crippen molar-refractivity contribution < 1.29 is 19.2 Å². The zero-order chi connectivity index (χ0) is 17.7. The minimum absolute atomic E-state index is 0.217. The highest BCUT2D eigenvalue weighted by Crippen LogP contribution is 2.27. The van der Waals surface area contributed by atoms with Gasteiger partial charge in [0.25, 0.3) is 5.91 Å². The zero-order valence-electron chi connectivity index (χ0n) is 13.6. The molecule has 0 saturated carbocycles. The summed E-state index contributed by atoms with van der Waals surface area (Å²) in [7, 11) is 2.94. The van der Waals surface area contributed by atoms with Gasteiger partial charge in [0.2, 0.25) is 0 Å². The lowest BCUT2D eigenvalue weighted by molar-refractivity contribution is -0.389. The molecular weight excluding hydrogens is 316 g/mol. The first kappa shape index (κ1) is 17.3. The first-order valence-electron chi connectivity index (χ1n) is 7.16. The van der Waals surface area contributed by atoms with Gasteiger partial charge in [-0.25, -0.2) is 0 Å². The Kier molecular flexibility index (Phi) is 5.35. The van der Waals surface area contributed by atoms with Crippen molar-refractivity contribution in [2.75, 3.05) is 20.8 Å². The van der Waals surface area contributed by atoms with Gasteiger partial charge < -0.3 is 24.9 Å². The van der Waals surface area contributed by atoms with E-state index < -0.39 is 4.92 Å². The number of nitro groups is 1. The van der Waals surface area contributed by atoms with Gasteiger partial charge in [-0.2, -0.15) is 4.68 Å². The fourth-order valence-electron chi connectivity index (χ4n) is 2.25. The van der Waals surface area contributed by atoms with Crippen LogP contribution >= 0.6 is 0 Å². The minimum atomic E-state index is -0.554. The quantitative estimate of drug-likeness (QED) is 0.608. The number of methoxy groups -OCH3 is 2. The molecule has 1 heterocycles. The highest BCUT2D eigenvalue weighted by molar-refractivity contribution is 5.99. The number of aromatic nitrogens is 2. The van der Waals surface area contributed by atoms with Gasteiger partial charge in [-0.3, -0.25) is 4.79 Å². The molecule has 0 aliphatic rings. The molecule has 0 fully saturated rings. The van der Waals surface area contributed by atoms with E-state index in [1.807, 2.05) is 0 Å². The summed E-state index contributed by atoms with van der Waals surface area (Å²) in [5.41, 5.74) is 0.941. The molecule has 1 amide bonds. The maximum Gasteiger partial charge on any atom is 0.390 e. The number of aryl methyl sites for hydroxylation is 1. The van der Waals surface area contributed by atoms with Crippen LogP contribution in [0.25, 0.3) is 0 Å². The first-order chi connectivity index (χ1) is 11.5. The Morgan fingerprint density at radius 3 is 2.46 bits per heavy atom. The average molecular weight is 334 g/mol. The number of hydrogen-bond donors (Lipinski definition) is 1. The third-order valence-corrected chi connectivity index (χ3v) is 3.42. The lowest BCUT2D eigenvalue weighted by Gasteiger charge is -2.12. The van der Waals surface area contributed by atoms with E-state index in [0.29, 0.717) is 29.3 Å². The van der Waals surface area contributed by atoms with Crippen molar-refractivity contribution in [2.45, 2.75) is 13.5 Å². The molecule has 1 N–H and O–H groups in total. The van der Waals surface area contributed by atoms with Gasteiger partial charge in [0, 0.05) is 6.54 Å². The second-order valence-corrected chi connectivity index (χ2v) is 4.92. The highest BCUT2D eigenvalue weighted by Gasteiger charge is 2.19. The van der Waals surface area contributed by atoms with Crippen LogP contribution in [0.4, 0.5) is 5.82 Å². The van der Waals surface area contributed by atoms with Crippen molar-refractivity contribution in [3.63, 3.8) is 0 Å². The third kappa shape index (κ3) is 3.62. The number of ether oxygens (including phenoxy) is 2. The van der Waals surface area contributed by atoms with Crippen LogP contribution < -0.4 is 14.8 Å². The van der Waals surface area contributed by atoms with E-state index in [1.54, 1.807) is 25.1 Å². The summed E-state index contributed by atoms with van der Waals surface area (Å²) >= 11 is 0. The molecule has 0 unspecified atom stereocenters. The molecule has 128 valence electrons. The smallest absolute Gasteiger partial charge is 0.390 e. The fraction of sp³-hybridized carbons (Fsp3) is 0.333. The maximum absolute atomic E-state index is 12.4. The summed E-state index contributed by atoms with van der Waals surface area (Å²) in [6.07, 6.45) is 0. The molecule has 0 aliphatic carbocycles. The maximum atomic E-state index is 12.4. The van der Waals surface area contributed by atoms with E-state index in [0.717, 1.165) is 0 Å². The molecule has 0 spiro atoms. The van der Waals surface area contributed by atoms with Crippen molar-refractivity contribution in [3.05, 3.63) is 45.6 Å². The summed E-state index contributed by atoms with van der Waals surface area (Å²) in [5, 5.41) is 17.3. The minimum Gasteiger partial charge on any atom is -0.496 e. The molecule has 1 aromatic carbocycles. The van der Waals surface area contributed by atoms with Crippen LogP contribution in [0.1, 0.15) is 16.1 Å². The van der Waals surface area contributed by atoms with Crippen molar-refractivity contribution in [1.29, 1.82) is 0 Å². The summed E-state index contributed by atoms with van der Waals surface area (Å²) < 4.78 is 11.8. The summed E-state index contributed by atoms with van der Waals surface area (Å²) in [6, 6.07) is 6.43. The van der Waals surface area contributed by atoms with Gasteiger partial charge in [0.15, 0.2) is 0 Å². The number of hydrogen-bond acceptors (Lipinski definition) is 6. The van der Waals surface area contributed by atoms with E-state index in [9.17, 15) is 14.9 Å². The number of rotatable bonds is 7. The molecule has 24 heavy (non-hydrogen) atoms. The van der Waals surface area contributed by atoms with Crippen LogP contribution in [0.5, 0.6) is 11.5 Å². The SMILES string of the molecule is COc1cccc(OC)c1C(=O)NCCn1nc([N+](=O)[O-])cc1C. The topological polar surface area (TPSA) is 109 Å². The lowest BCUT2D eigenvalue weighted by atomic mass is 10.1. The number of carbonyl (C=O) groups is 1. The summed E-state index contributed by atoms with van der Waals surface area (Å²) in [4.78, 5) is 22.5. The Morgan fingerprint density at radius 1 is 1.33 bits per heavy atom. The largest absolute Gasteiger partial charge is 0.496 e. The number of benzene rings is 1. The lowest BCUT2D eigenvalue weighted by Crippen LogP contribution is -2.28. The summed E-state index contributed by atoms with van der Waals surface area (Å²) in [6.45, 7) is 2.27. The average Bonchev–Trinajstić information content (AvgIpc) is 2.95. The Bertz CT molecular complexity index is 734. The van der Waals surface area contributed by atoms with E-state index >= 15 is 0 Å². The Balaban J connectivity index is 2.05. The predicted molar refractivity (Wildman–Crippen MR) is 85.5 cm³/mol. The molecule has 0 bridgehead atoms. The van der Waals surface area contributed by atoms with Gasteiger partial charge in [0.05, 0.1) is 37.6 Å². The molecule has 0 atom stereocenters. The van der Waals surface area contributed by atoms with E-state index in [4.69, 9.17) is 9.47 Å².